The molecule has 1 aliphatic rings. The van der Waals surface area contributed by atoms with E-state index in [1.165, 1.54) is 5.56 Å². The second-order valence-electron chi connectivity index (χ2n) is 4.84. The predicted octanol–water partition coefficient (Wildman–Crippen LogP) is 2.40. The average Bonchev–Trinajstić information content (AvgIpc) is 2.47. The van der Waals surface area contributed by atoms with Gasteiger partial charge in [-0.25, -0.2) is 4.79 Å². The molecule has 2 rings (SSSR count). The summed E-state index contributed by atoms with van der Waals surface area (Å²) in [6.45, 7) is 4.75. The number of rotatable bonds is 4. The molecule has 19 heavy (non-hydrogen) atoms. The number of benzene rings is 1. The van der Waals surface area contributed by atoms with E-state index >= 15 is 0 Å². The molecule has 4 heteroatoms. The van der Waals surface area contributed by atoms with E-state index < -0.39 is 0 Å². The van der Waals surface area contributed by atoms with E-state index in [-0.39, 0.29) is 12.1 Å². The molecular formula is C15H22N2O2. The zero-order chi connectivity index (χ0) is 13.5. The highest BCUT2D eigenvalue weighted by atomic mass is 16.5. The van der Waals surface area contributed by atoms with Crippen LogP contribution in [0.2, 0.25) is 0 Å². The zero-order valence-electron chi connectivity index (χ0n) is 11.5. The van der Waals surface area contributed by atoms with E-state index in [9.17, 15) is 4.79 Å². The summed E-state index contributed by atoms with van der Waals surface area (Å²) in [5.41, 5.74) is 1.18. The largest absolute Gasteiger partial charge is 0.372 e. The fraction of sp³-hybridized carbons (Fsp3) is 0.533. The first kappa shape index (κ1) is 13.9. The van der Waals surface area contributed by atoms with Crippen LogP contribution in [-0.2, 0) is 11.3 Å². The van der Waals surface area contributed by atoms with Gasteiger partial charge in [0.25, 0.3) is 0 Å². The maximum Gasteiger partial charge on any atom is 0.317 e. The quantitative estimate of drug-likeness (QED) is 0.905. The first-order chi connectivity index (χ1) is 9.29. The first-order valence-electron chi connectivity index (χ1n) is 6.98. The molecule has 1 fully saturated rings. The average molecular weight is 262 g/mol. The normalized spacial score (nSPS) is 19.2. The molecule has 0 aromatic heterocycles. The number of carbonyl (C=O) groups is 1. The second-order valence-corrected chi connectivity index (χ2v) is 4.84. The number of carbonyl (C=O) groups excluding carboxylic acids is 1. The molecule has 0 radical (unpaired) electrons. The van der Waals surface area contributed by atoms with Gasteiger partial charge in [0.2, 0.25) is 0 Å². The third-order valence-corrected chi connectivity index (χ3v) is 3.32. The number of nitrogens with one attached hydrogen (secondary N) is 1. The molecule has 1 unspecified atom stereocenters. The third kappa shape index (κ3) is 4.24. The fourth-order valence-electron chi connectivity index (χ4n) is 2.31. The van der Waals surface area contributed by atoms with Crippen LogP contribution >= 0.6 is 0 Å². The van der Waals surface area contributed by atoms with Crippen molar-refractivity contribution in [2.75, 3.05) is 19.6 Å². The summed E-state index contributed by atoms with van der Waals surface area (Å²) in [6, 6.07) is 10.2. The smallest absolute Gasteiger partial charge is 0.317 e. The molecular weight excluding hydrogens is 240 g/mol. The number of hydrogen-bond donors (Lipinski definition) is 1. The predicted molar refractivity (Wildman–Crippen MR) is 74.9 cm³/mol. The van der Waals surface area contributed by atoms with Gasteiger partial charge in [-0.05, 0) is 25.3 Å². The number of nitrogens with zero attached hydrogens (tertiary/aromatic N) is 1. The third-order valence-electron chi connectivity index (χ3n) is 3.32. The van der Waals surface area contributed by atoms with E-state index in [0.29, 0.717) is 19.7 Å². The van der Waals surface area contributed by atoms with Crippen LogP contribution in [0.4, 0.5) is 4.79 Å². The number of hydrogen-bond acceptors (Lipinski definition) is 2. The van der Waals surface area contributed by atoms with Crippen molar-refractivity contribution in [1.82, 2.24) is 10.2 Å². The van der Waals surface area contributed by atoms with Gasteiger partial charge >= 0.3 is 6.03 Å². The van der Waals surface area contributed by atoms with Crippen molar-refractivity contribution >= 4 is 6.03 Å². The maximum absolute atomic E-state index is 11.8. The molecule has 1 saturated heterocycles. The van der Waals surface area contributed by atoms with Crippen molar-refractivity contribution in [2.45, 2.75) is 32.5 Å². The van der Waals surface area contributed by atoms with Gasteiger partial charge in [-0.3, -0.25) is 0 Å². The summed E-state index contributed by atoms with van der Waals surface area (Å²) in [7, 11) is 0. The molecule has 1 aromatic carbocycles. The number of urea groups is 1. The minimum absolute atomic E-state index is 0.0236. The highest BCUT2D eigenvalue weighted by Gasteiger charge is 2.23. The Kier molecular flexibility index (Phi) is 5.21. The number of amides is 2. The van der Waals surface area contributed by atoms with E-state index in [1.54, 1.807) is 0 Å². The number of likely N-dealkylation sites (tertiary alicyclic amines) is 1. The highest BCUT2D eigenvalue weighted by Crippen LogP contribution is 2.15. The van der Waals surface area contributed by atoms with Crippen LogP contribution in [-0.4, -0.2) is 36.7 Å². The molecule has 0 spiro atoms. The standard InChI is InChI=1S/C15H22N2O2/c1-2-16-15(18)17-10-6-9-14(11-17)19-12-13-7-4-3-5-8-13/h3-5,7-8,14H,2,6,9-12H2,1H3,(H,16,18). The molecule has 4 nitrogen and oxygen atoms in total. The van der Waals surface area contributed by atoms with Crippen molar-refractivity contribution in [2.24, 2.45) is 0 Å². The topological polar surface area (TPSA) is 41.6 Å². The summed E-state index contributed by atoms with van der Waals surface area (Å²) in [6.07, 6.45) is 2.19. The Morgan fingerprint density at radius 2 is 2.21 bits per heavy atom. The lowest BCUT2D eigenvalue weighted by Gasteiger charge is -2.32. The van der Waals surface area contributed by atoms with Crippen LogP contribution in [0.5, 0.6) is 0 Å². The van der Waals surface area contributed by atoms with Crippen molar-refractivity contribution in [3.63, 3.8) is 0 Å². The van der Waals surface area contributed by atoms with Crippen LogP contribution in [0, 0.1) is 0 Å². The first-order valence-corrected chi connectivity index (χ1v) is 6.98. The van der Waals surface area contributed by atoms with Gasteiger partial charge in [0.15, 0.2) is 0 Å². The summed E-state index contributed by atoms with van der Waals surface area (Å²) in [4.78, 5) is 13.6. The zero-order valence-corrected chi connectivity index (χ0v) is 11.5. The Bertz CT molecular complexity index is 394. The van der Waals surface area contributed by atoms with E-state index in [0.717, 1.165) is 19.4 Å². The van der Waals surface area contributed by atoms with Gasteiger partial charge in [-0.1, -0.05) is 30.3 Å². The van der Waals surface area contributed by atoms with Crippen LogP contribution in [0.25, 0.3) is 0 Å². The summed E-state index contributed by atoms with van der Waals surface area (Å²) < 4.78 is 5.91. The summed E-state index contributed by atoms with van der Waals surface area (Å²) in [5.74, 6) is 0. The minimum Gasteiger partial charge on any atom is -0.372 e. The lowest BCUT2D eigenvalue weighted by molar-refractivity contribution is -0.000275. The molecule has 0 aliphatic carbocycles. The number of ether oxygens (including phenoxy) is 1. The van der Waals surface area contributed by atoms with E-state index in [2.05, 4.69) is 17.4 Å². The van der Waals surface area contributed by atoms with Gasteiger partial charge in [0.1, 0.15) is 0 Å². The Morgan fingerprint density at radius 3 is 2.95 bits per heavy atom. The molecule has 1 atom stereocenters. The fourth-order valence-corrected chi connectivity index (χ4v) is 2.31. The van der Waals surface area contributed by atoms with Crippen LogP contribution in [0.3, 0.4) is 0 Å². The lowest BCUT2D eigenvalue weighted by Crippen LogP contribution is -2.47. The monoisotopic (exact) mass is 262 g/mol. The Hall–Kier alpha value is -1.55. The van der Waals surface area contributed by atoms with Gasteiger partial charge in [0, 0.05) is 19.6 Å². The molecule has 104 valence electrons. The molecule has 0 saturated carbocycles. The molecule has 1 heterocycles. The van der Waals surface area contributed by atoms with Crippen LogP contribution < -0.4 is 5.32 Å². The molecule has 2 amide bonds. The van der Waals surface area contributed by atoms with Crippen LogP contribution in [0.15, 0.2) is 30.3 Å². The van der Waals surface area contributed by atoms with Crippen molar-refractivity contribution in [3.05, 3.63) is 35.9 Å². The Balaban J connectivity index is 1.79. The Labute approximate surface area is 114 Å². The SMILES string of the molecule is CCNC(=O)N1CCCC(OCc2ccccc2)C1. The van der Waals surface area contributed by atoms with Gasteiger partial charge < -0.3 is 15.0 Å². The molecule has 1 N–H and O–H groups in total. The van der Waals surface area contributed by atoms with Crippen molar-refractivity contribution in [3.8, 4) is 0 Å². The van der Waals surface area contributed by atoms with Crippen molar-refractivity contribution in [1.29, 1.82) is 0 Å². The van der Waals surface area contributed by atoms with E-state index in [4.69, 9.17) is 4.74 Å². The van der Waals surface area contributed by atoms with Gasteiger partial charge in [0.05, 0.1) is 12.7 Å². The minimum atomic E-state index is 0.0236. The Morgan fingerprint density at radius 1 is 1.42 bits per heavy atom. The molecule has 1 aromatic rings. The van der Waals surface area contributed by atoms with E-state index in [1.807, 2.05) is 30.0 Å². The highest BCUT2D eigenvalue weighted by molar-refractivity contribution is 5.74. The van der Waals surface area contributed by atoms with Crippen molar-refractivity contribution < 1.29 is 9.53 Å². The van der Waals surface area contributed by atoms with Gasteiger partial charge in [-0.2, -0.15) is 0 Å². The molecule has 0 bridgehead atoms. The maximum atomic E-state index is 11.8. The number of piperidine rings is 1. The molecule has 1 aliphatic heterocycles. The summed E-state index contributed by atoms with van der Waals surface area (Å²) in [5, 5.41) is 2.84. The lowest BCUT2D eigenvalue weighted by atomic mass is 10.1. The summed E-state index contributed by atoms with van der Waals surface area (Å²) >= 11 is 0. The van der Waals surface area contributed by atoms with Gasteiger partial charge in [-0.15, -0.1) is 0 Å². The second kappa shape index (κ2) is 7.14. The van der Waals surface area contributed by atoms with Crippen LogP contribution in [0.1, 0.15) is 25.3 Å².